The van der Waals surface area contributed by atoms with Crippen molar-refractivity contribution in [2.24, 2.45) is 5.92 Å². The Morgan fingerprint density at radius 1 is 1.35 bits per heavy atom. The third-order valence-electron chi connectivity index (χ3n) is 2.76. The maximum atomic E-state index is 12.1. The molecule has 5 heteroatoms. The van der Waals surface area contributed by atoms with E-state index in [1.54, 1.807) is 17.0 Å². The molecule has 0 saturated heterocycles. The standard InChI is InChI=1S/C12H19F3N2/c1-9(2)11(16-3)10-4-6-17(8-10)7-5-12(13,14)15/h4,6,8-9,11,16H,5,7H2,1-3H3. The summed E-state index contributed by atoms with van der Waals surface area (Å²) >= 11 is 0. The van der Waals surface area contributed by atoms with Crippen molar-refractivity contribution < 1.29 is 13.2 Å². The third-order valence-corrected chi connectivity index (χ3v) is 2.76. The molecule has 2 nitrogen and oxygen atoms in total. The first-order valence-electron chi connectivity index (χ1n) is 5.73. The van der Waals surface area contributed by atoms with E-state index in [0.717, 1.165) is 5.56 Å². The van der Waals surface area contributed by atoms with Gasteiger partial charge in [0.2, 0.25) is 0 Å². The average Bonchev–Trinajstić information content (AvgIpc) is 2.63. The Morgan fingerprint density at radius 3 is 2.47 bits per heavy atom. The summed E-state index contributed by atoms with van der Waals surface area (Å²) in [5.41, 5.74) is 1.03. The van der Waals surface area contributed by atoms with Crippen molar-refractivity contribution in [3.63, 3.8) is 0 Å². The van der Waals surface area contributed by atoms with Gasteiger partial charge in [0.1, 0.15) is 0 Å². The smallest absolute Gasteiger partial charge is 0.354 e. The molecule has 0 radical (unpaired) electrons. The predicted molar refractivity (Wildman–Crippen MR) is 61.7 cm³/mol. The lowest BCUT2D eigenvalue weighted by atomic mass is 9.99. The van der Waals surface area contributed by atoms with E-state index in [1.807, 2.05) is 13.1 Å². The number of hydrogen-bond acceptors (Lipinski definition) is 1. The fraction of sp³-hybridized carbons (Fsp3) is 0.667. The summed E-state index contributed by atoms with van der Waals surface area (Å²) in [5.74, 6) is 0.401. The van der Waals surface area contributed by atoms with Gasteiger partial charge in [-0.3, -0.25) is 0 Å². The second-order valence-electron chi connectivity index (χ2n) is 4.56. The second-order valence-corrected chi connectivity index (χ2v) is 4.56. The van der Waals surface area contributed by atoms with Gasteiger partial charge in [0.05, 0.1) is 6.42 Å². The lowest BCUT2D eigenvalue weighted by Gasteiger charge is -2.18. The van der Waals surface area contributed by atoms with Crippen molar-refractivity contribution in [1.29, 1.82) is 0 Å². The number of hydrogen-bond donors (Lipinski definition) is 1. The Hall–Kier alpha value is -0.970. The molecule has 0 aliphatic heterocycles. The van der Waals surface area contributed by atoms with Crippen LogP contribution in [0.5, 0.6) is 0 Å². The van der Waals surface area contributed by atoms with Crippen molar-refractivity contribution in [1.82, 2.24) is 9.88 Å². The lowest BCUT2D eigenvalue weighted by molar-refractivity contribution is -0.136. The van der Waals surface area contributed by atoms with Gasteiger partial charge in [0, 0.05) is 25.0 Å². The SMILES string of the molecule is CNC(c1ccn(CCC(F)(F)F)c1)C(C)C. The van der Waals surface area contributed by atoms with Crippen LogP contribution in [-0.2, 0) is 6.54 Å². The first kappa shape index (κ1) is 14.1. The van der Waals surface area contributed by atoms with E-state index in [-0.39, 0.29) is 12.6 Å². The highest BCUT2D eigenvalue weighted by atomic mass is 19.4. The third kappa shape index (κ3) is 4.42. The Balaban J connectivity index is 2.64. The maximum absolute atomic E-state index is 12.1. The second kappa shape index (κ2) is 5.58. The highest BCUT2D eigenvalue weighted by molar-refractivity contribution is 5.16. The van der Waals surface area contributed by atoms with Crippen LogP contribution in [0.3, 0.4) is 0 Å². The van der Waals surface area contributed by atoms with Gasteiger partial charge in [-0.25, -0.2) is 0 Å². The first-order valence-corrected chi connectivity index (χ1v) is 5.73. The van der Waals surface area contributed by atoms with Gasteiger partial charge in [-0.05, 0) is 24.6 Å². The van der Waals surface area contributed by atoms with Crippen LogP contribution in [0.25, 0.3) is 0 Å². The molecule has 17 heavy (non-hydrogen) atoms. The van der Waals surface area contributed by atoms with Crippen molar-refractivity contribution in [2.75, 3.05) is 7.05 Å². The zero-order chi connectivity index (χ0) is 13.1. The molecular weight excluding hydrogens is 229 g/mol. The van der Waals surface area contributed by atoms with Crippen LogP contribution in [0, 0.1) is 5.92 Å². The van der Waals surface area contributed by atoms with Gasteiger partial charge in [0.15, 0.2) is 0 Å². The number of rotatable bonds is 5. The van der Waals surface area contributed by atoms with E-state index in [4.69, 9.17) is 0 Å². The molecule has 1 heterocycles. The Kier molecular flexibility index (Phi) is 4.62. The Bertz CT molecular complexity index is 342. The summed E-state index contributed by atoms with van der Waals surface area (Å²) < 4.78 is 37.8. The van der Waals surface area contributed by atoms with Gasteiger partial charge < -0.3 is 9.88 Å². The first-order chi connectivity index (χ1) is 7.83. The molecule has 1 aromatic rings. The molecule has 98 valence electrons. The van der Waals surface area contributed by atoms with Crippen molar-refractivity contribution in [3.8, 4) is 0 Å². The summed E-state index contributed by atoms with van der Waals surface area (Å²) in [4.78, 5) is 0. The van der Waals surface area contributed by atoms with Gasteiger partial charge in [-0.2, -0.15) is 13.2 Å². The van der Waals surface area contributed by atoms with Gasteiger partial charge in [0.25, 0.3) is 0 Å². The van der Waals surface area contributed by atoms with Crippen LogP contribution in [-0.4, -0.2) is 17.8 Å². The van der Waals surface area contributed by atoms with Crippen LogP contribution in [0.15, 0.2) is 18.5 Å². The molecule has 0 aliphatic carbocycles. The average molecular weight is 248 g/mol. The number of nitrogens with one attached hydrogen (secondary N) is 1. The minimum absolute atomic E-state index is 0.0158. The topological polar surface area (TPSA) is 17.0 Å². The summed E-state index contributed by atoms with van der Waals surface area (Å²) in [6.45, 7) is 4.14. The highest BCUT2D eigenvalue weighted by Gasteiger charge is 2.26. The van der Waals surface area contributed by atoms with Crippen LogP contribution in [0.4, 0.5) is 13.2 Å². The Morgan fingerprint density at radius 2 is 2.00 bits per heavy atom. The predicted octanol–water partition coefficient (Wildman–Crippen LogP) is 3.36. The van der Waals surface area contributed by atoms with E-state index >= 15 is 0 Å². The van der Waals surface area contributed by atoms with Crippen LogP contribution >= 0.6 is 0 Å². The zero-order valence-corrected chi connectivity index (χ0v) is 10.4. The fourth-order valence-corrected chi connectivity index (χ4v) is 1.92. The number of alkyl halides is 3. The molecule has 0 aromatic carbocycles. The monoisotopic (exact) mass is 248 g/mol. The minimum atomic E-state index is -4.09. The molecule has 0 amide bonds. The molecule has 0 saturated carbocycles. The van der Waals surface area contributed by atoms with Crippen LogP contribution < -0.4 is 5.32 Å². The molecule has 1 aromatic heterocycles. The molecule has 1 N–H and O–H groups in total. The quantitative estimate of drug-likeness (QED) is 0.845. The number of halogens is 3. The Labute approximate surface area is 99.8 Å². The summed E-state index contributed by atoms with van der Waals surface area (Å²) in [5, 5.41) is 3.17. The molecule has 1 unspecified atom stereocenters. The molecule has 1 rings (SSSR count). The summed E-state index contributed by atoms with van der Waals surface area (Å²) in [7, 11) is 1.86. The van der Waals surface area contributed by atoms with Crippen molar-refractivity contribution >= 4 is 0 Å². The van der Waals surface area contributed by atoms with E-state index in [9.17, 15) is 13.2 Å². The van der Waals surface area contributed by atoms with Gasteiger partial charge in [-0.1, -0.05) is 13.8 Å². The van der Waals surface area contributed by atoms with Crippen LogP contribution in [0.2, 0.25) is 0 Å². The van der Waals surface area contributed by atoms with Gasteiger partial charge in [-0.15, -0.1) is 0 Å². The summed E-state index contributed by atoms with van der Waals surface area (Å²) in [6, 6.07) is 2.06. The number of aromatic nitrogens is 1. The molecular formula is C12H19F3N2. The molecule has 0 bridgehead atoms. The molecule has 0 fully saturated rings. The maximum Gasteiger partial charge on any atom is 0.390 e. The largest absolute Gasteiger partial charge is 0.390 e. The van der Waals surface area contributed by atoms with E-state index in [2.05, 4.69) is 19.2 Å². The number of nitrogens with zero attached hydrogens (tertiary/aromatic N) is 1. The fourth-order valence-electron chi connectivity index (χ4n) is 1.92. The van der Waals surface area contributed by atoms with E-state index in [0.29, 0.717) is 5.92 Å². The van der Waals surface area contributed by atoms with E-state index < -0.39 is 12.6 Å². The normalized spacial score (nSPS) is 14.3. The summed E-state index contributed by atoms with van der Waals surface area (Å²) in [6.07, 6.45) is -1.39. The highest BCUT2D eigenvalue weighted by Crippen LogP contribution is 2.23. The zero-order valence-electron chi connectivity index (χ0n) is 10.4. The van der Waals surface area contributed by atoms with Crippen LogP contribution in [0.1, 0.15) is 31.9 Å². The molecule has 0 spiro atoms. The van der Waals surface area contributed by atoms with E-state index in [1.165, 1.54) is 0 Å². The van der Waals surface area contributed by atoms with Crippen molar-refractivity contribution in [2.45, 2.75) is 39.0 Å². The van der Waals surface area contributed by atoms with Crippen molar-refractivity contribution in [3.05, 3.63) is 24.0 Å². The number of aryl methyl sites for hydroxylation is 1. The minimum Gasteiger partial charge on any atom is -0.354 e. The van der Waals surface area contributed by atoms with Gasteiger partial charge >= 0.3 is 6.18 Å². The lowest BCUT2D eigenvalue weighted by Crippen LogP contribution is -2.21. The molecule has 1 atom stereocenters. The molecule has 0 aliphatic rings.